The molecule has 0 aliphatic rings. The van der Waals surface area contributed by atoms with Gasteiger partial charge in [-0.05, 0) is 43.5 Å². The van der Waals surface area contributed by atoms with Crippen LogP contribution in [-0.4, -0.2) is 25.3 Å². The van der Waals surface area contributed by atoms with Gasteiger partial charge in [-0.1, -0.05) is 31.2 Å². The highest BCUT2D eigenvalue weighted by atomic mass is 16.5. The quantitative estimate of drug-likeness (QED) is 0.582. The molecule has 0 aliphatic carbocycles. The van der Waals surface area contributed by atoms with Gasteiger partial charge in [-0.15, -0.1) is 0 Å². The van der Waals surface area contributed by atoms with Gasteiger partial charge in [0.25, 0.3) is 11.7 Å². The molecule has 0 heterocycles. The molecule has 2 aromatic rings. The minimum absolute atomic E-state index is 0.139. The van der Waals surface area contributed by atoms with E-state index in [1.165, 1.54) is 12.6 Å². The first-order chi connectivity index (χ1) is 12.5. The molecule has 0 bridgehead atoms. The standard InChI is InChI=1S/C21H25NO4/c1-5-15-10-11-18(14(3)12-15)26-13-17-16(20(23)21(24)22-4)8-7-9-19(17)25-6-2/h7-12H,5-6,13H2,1-4H3,(H,22,24). The molecule has 1 N–H and O–H groups in total. The zero-order valence-electron chi connectivity index (χ0n) is 15.7. The van der Waals surface area contributed by atoms with Crippen molar-refractivity contribution in [3.05, 3.63) is 58.7 Å². The zero-order valence-corrected chi connectivity index (χ0v) is 15.7. The van der Waals surface area contributed by atoms with Crippen LogP contribution >= 0.6 is 0 Å². The third kappa shape index (κ3) is 4.42. The molecule has 0 aliphatic heterocycles. The van der Waals surface area contributed by atoms with E-state index in [1.54, 1.807) is 18.2 Å². The number of carbonyl (C=O) groups excluding carboxylic acids is 2. The van der Waals surface area contributed by atoms with E-state index in [9.17, 15) is 9.59 Å². The van der Waals surface area contributed by atoms with E-state index in [0.717, 1.165) is 17.7 Å². The van der Waals surface area contributed by atoms with Crippen LogP contribution in [0.4, 0.5) is 0 Å². The van der Waals surface area contributed by atoms with Crippen LogP contribution in [0.15, 0.2) is 36.4 Å². The van der Waals surface area contributed by atoms with Crippen LogP contribution in [0.2, 0.25) is 0 Å². The van der Waals surface area contributed by atoms with Crippen molar-refractivity contribution < 1.29 is 19.1 Å². The number of hydrogen-bond donors (Lipinski definition) is 1. The van der Waals surface area contributed by atoms with E-state index >= 15 is 0 Å². The van der Waals surface area contributed by atoms with Crippen molar-refractivity contribution in [2.75, 3.05) is 13.7 Å². The molecule has 0 radical (unpaired) electrons. The van der Waals surface area contributed by atoms with Gasteiger partial charge in [0.1, 0.15) is 18.1 Å². The molecule has 26 heavy (non-hydrogen) atoms. The molecule has 0 atom stereocenters. The highest BCUT2D eigenvalue weighted by molar-refractivity contribution is 6.43. The summed E-state index contributed by atoms with van der Waals surface area (Å²) in [5, 5.41) is 2.37. The molecule has 0 spiro atoms. The third-order valence-electron chi connectivity index (χ3n) is 4.13. The molecule has 1 amide bonds. The summed E-state index contributed by atoms with van der Waals surface area (Å²) in [6.07, 6.45) is 0.957. The number of ketones is 1. The first-order valence-corrected chi connectivity index (χ1v) is 8.75. The number of carbonyl (C=O) groups is 2. The van der Waals surface area contributed by atoms with Crippen LogP contribution in [0.5, 0.6) is 11.5 Å². The molecule has 5 nitrogen and oxygen atoms in total. The summed E-state index contributed by atoms with van der Waals surface area (Å²) in [4.78, 5) is 24.2. The Morgan fingerprint density at radius 1 is 1.04 bits per heavy atom. The number of ether oxygens (including phenoxy) is 2. The van der Waals surface area contributed by atoms with Gasteiger partial charge in [0.2, 0.25) is 0 Å². The van der Waals surface area contributed by atoms with Crippen molar-refractivity contribution in [3.63, 3.8) is 0 Å². The summed E-state index contributed by atoms with van der Waals surface area (Å²) in [6, 6.07) is 11.1. The van der Waals surface area contributed by atoms with Gasteiger partial charge in [-0.2, -0.15) is 0 Å². The Balaban J connectivity index is 2.34. The van der Waals surface area contributed by atoms with Crippen LogP contribution < -0.4 is 14.8 Å². The smallest absolute Gasteiger partial charge is 0.292 e. The Kier molecular flexibility index (Phi) is 6.78. The Labute approximate surface area is 154 Å². The second-order valence-electron chi connectivity index (χ2n) is 5.87. The molecule has 2 aromatic carbocycles. The van der Waals surface area contributed by atoms with Crippen LogP contribution in [0.1, 0.15) is 40.9 Å². The number of benzene rings is 2. The lowest BCUT2D eigenvalue weighted by molar-refractivity contribution is -0.116. The van der Waals surface area contributed by atoms with Crippen LogP contribution in [0.25, 0.3) is 0 Å². The van der Waals surface area contributed by atoms with Crippen LogP contribution in [0, 0.1) is 6.92 Å². The summed E-state index contributed by atoms with van der Waals surface area (Å²) in [6.45, 7) is 6.55. The molecule has 138 valence electrons. The fourth-order valence-electron chi connectivity index (χ4n) is 2.70. The van der Waals surface area contributed by atoms with Gasteiger partial charge in [0.15, 0.2) is 0 Å². The van der Waals surface area contributed by atoms with Crippen molar-refractivity contribution >= 4 is 11.7 Å². The predicted molar refractivity (Wildman–Crippen MR) is 101 cm³/mol. The maximum absolute atomic E-state index is 12.4. The average Bonchev–Trinajstić information content (AvgIpc) is 2.66. The highest BCUT2D eigenvalue weighted by Gasteiger charge is 2.21. The Morgan fingerprint density at radius 2 is 1.81 bits per heavy atom. The number of likely N-dealkylation sites (N-methyl/N-ethyl adjacent to an activating group) is 1. The Bertz CT molecular complexity index is 799. The van der Waals surface area contributed by atoms with E-state index < -0.39 is 11.7 Å². The largest absolute Gasteiger partial charge is 0.493 e. The summed E-state index contributed by atoms with van der Waals surface area (Å²) in [5.41, 5.74) is 3.12. The summed E-state index contributed by atoms with van der Waals surface area (Å²) in [7, 11) is 1.43. The zero-order chi connectivity index (χ0) is 19.1. The van der Waals surface area contributed by atoms with Gasteiger partial charge in [0, 0.05) is 18.2 Å². The minimum Gasteiger partial charge on any atom is -0.493 e. The molecule has 0 saturated carbocycles. The lowest BCUT2D eigenvalue weighted by Crippen LogP contribution is -2.28. The lowest BCUT2D eigenvalue weighted by Gasteiger charge is -2.16. The van der Waals surface area contributed by atoms with Crippen molar-refractivity contribution in [3.8, 4) is 11.5 Å². The number of aryl methyl sites for hydroxylation is 2. The maximum atomic E-state index is 12.4. The number of hydrogen-bond acceptors (Lipinski definition) is 4. The fourth-order valence-corrected chi connectivity index (χ4v) is 2.70. The van der Waals surface area contributed by atoms with Crippen LogP contribution in [0.3, 0.4) is 0 Å². The summed E-state index contributed by atoms with van der Waals surface area (Å²) >= 11 is 0. The molecule has 0 aromatic heterocycles. The molecular weight excluding hydrogens is 330 g/mol. The van der Waals surface area contributed by atoms with Gasteiger partial charge >= 0.3 is 0 Å². The number of rotatable bonds is 8. The molecule has 5 heteroatoms. The van der Waals surface area contributed by atoms with Crippen molar-refractivity contribution in [2.45, 2.75) is 33.8 Å². The average molecular weight is 355 g/mol. The summed E-state index contributed by atoms with van der Waals surface area (Å²) < 4.78 is 11.6. The SMILES string of the molecule is CCOc1cccc(C(=O)C(=O)NC)c1COc1ccc(CC)cc1C. The summed E-state index contributed by atoms with van der Waals surface area (Å²) in [5.74, 6) is 0.0195. The van der Waals surface area contributed by atoms with Crippen molar-refractivity contribution in [1.29, 1.82) is 0 Å². The first kappa shape index (κ1) is 19.5. The van der Waals surface area contributed by atoms with Gasteiger partial charge < -0.3 is 14.8 Å². The minimum atomic E-state index is -0.664. The first-order valence-electron chi connectivity index (χ1n) is 8.75. The van der Waals surface area contributed by atoms with Gasteiger partial charge in [0.05, 0.1) is 6.61 Å². The van der Waals surface area contributed by atoms with E-state index in [4.69, 9.17) is 9.47 Å². The predicted octanol–water partition coefficient (Wildman–Crippen LogP) is 3.46. The second-order valence-corrected chi connectivity index (χ2v) is 5.87. The number of nitrogens with one attached hydrogen (secondary N) is 1. The third-order valence-corrected chi connectivity index (χ3v) is 4.13. The van der Waals surface area contributed by atoms with E-state index in [1.807, 2.05) is 26.0 Å². The second kappa shape index (κ2) is 9.04. The molecule has 0 fully saturated rings. The normalized spacial score (nSPS) is 10.3. The molecular formula is C21H25NO4. The maximum Gasteiger partial charge on any atom is 0.292 e. The van der Waals surface area contributed by atoms with E-state index in [2.05, 4.69) is 18.3 Å². The number of amides is 1. The van der Waals surface area contributed by atoms with Gasteiger partial charge in [-0.3, -0.25) is 9.59 Å². The van der Waals surface area contributed by atoms with Crippen molar-refractivity contribution in [1.82, 2.24) is 5.32 Å². The van der Waals surface area contributed by atoms with E-state index in [-0.39, 0.29) is 12.2 Å². The lowest BCUT2D eigenvalue weighted by atomic mass is 10.0. The Hall–Kier alpha value is -2.82. The number of Topliss-reactive ketones (excluding diaryl/α,β-unsaturated/α-hetero) is 1. The Morgan fingerprint density at radius 3 is 2.42 bits per heavy atom. The molecule has 2 rings (SSSR count). The monoisotopic (exact) mass is 355 g/mol. The fraction of sp³-hybridized carbons (Fsp3) is 0.333. The van der Waals surface area contributed by atoms with E-state index in [0.29, 0.717) is 17.9 Å². The topological polar surface area (TPSA) is 64.6 Å². The van der Waals surface area contributed by atoms with Gasteiger partial charge in [-0.25, -0.2) is 0 Å². The van der Waals surface area contributed by atoms with Crippen molar-refractivity contribution in [2.24, 2.45) is 0 Å². The highest BCUT2D eigenvalue weighted by Crippen LogP contribution is 2.27. The molecule has 0 saturated heterocycles. The molecule has 0 unspecified atom stereocenters. The van der Waals surface area contributed by atoms with Crippen LogP contribution in [-0.2, 0) is 17.8 Å².